The average Bonchev–Trinajstić information content (AvgIpc) is 2.78. The molecular formula is C16H28ClN3O. The fraction of sp³-hybridized carbons (Fsp3) is 0.812. The van der Waals surface area contributed by atoms with Crippen molar-refractivity contribution >= 4 is 11.6 Å². The molecule has 2 rings (SSSR count). The Labute approximate surface area is 133 Å². The maximum Gasteiger partial charge on any atom is 0.0850 e. The largest absolute Gasteiger partial charge is 0.389 e. The monoisotopic (exact) mass is 313 g/mol. The Hall–Kier alpha value is -0.580. The van der Waals surface area contributed by atoms with Crippen LogP contribution >= 0.6 is 11.6 Å². The second-order valence-electron chi connectivity index (χ2n) is 6.12. The number of hydrogen-bond donors (Lipinski definition) is 1. The smallest absolute Gasteiger partial charge is 0.0850 e. The minimum atomic E-state index is -0.633. The Morgan fingerprint density at radius 2 is 1.90 bits per heavy atom. The van der Waals surface area contributed by atoms with Crippen molar-refractivity contribution in [2.45, 2.75) is 65.0 Å². The molecule has 1 aromatic heterocycles. The molecule has 0 spiro atoms. The normalized spacial score (nSPS) is 19.1. The molecule has 1 N–H and O–H groups in total. The van der Waals surface area contributed by atoms with Crippen LogP contribution in [0, 0.1) is 0 Å². The molecule has 4 nitrogen and oxygen atoms in total. The summed E-state index contributed by atoms with van der Waals surface area (Å²) in [5.41, 5.74) is 1.31. The van der Waals surface area contributed by atoms with E-state index < -0.39 is 5.60 Å². The number of halogens is 1. The highest BCUT2D eigenvalue weighted by molar-refractivity contribution is 6.31. The first-order valence-electron chi connectivity index (χ1n) is 8.21. The van der Waals surface area contributed by atoms with Gasteiger partial charge in [-0.2, -0.15) is 5.10 Å². The van der Waals surface area contributed by atoms with E-state index in [9.17, 15) is 5.11 Å². The number of aryl methyl sites for hydroxylation is 2. The minimum absolute atomic E-state index is 0.618. The third kappa shape index (κ3) is 3.79. The molecule has 1 aliphatic rings. The summed E-state index contributed by atoms with van der Waals surface area (Å²) in [5, 5.41) is 16.2. The summed E-state index contributed by atoms with van der Waals surface area (Å²) in [6.45, 7) is 10.2. The third-order valence-electron chi connectivity index (χ3n) is 4.52. The van der Waals surface area contributed by atoms with E-state index >= 15 is 0 Å². The quantitative estimate of drug-likeness (QED) is 0.878. The van der Waals surface area contributed by atoms with Crippen LogP contribution in [0.2, 0.25) is 5.02 Å². The van der Waals surface area contributed by atoms with Gasteiger partial charge in [0.15, 0.2) is 0 Å². The highest BCUT2D eigenvalue weighted by Crippen LogP contribution is 2.31. The van der Waals surface area contributed by atoms with Crippen molar-refractivity contribution in [3.8, 4) is 0 Å². The lowest BCUT2D eigenvalue weighted by Crippen LogP contribution is -2.46. The average molecular weight is 314 g/mol. The summed E-state index contributed by atoms with van der Waals surface area (Å²) in [7, 11) is 0. The van der Waals surface area contributed by atoms with Crippen molar-refractivity contribution in [2.75, 3.05) is 19.6 Å². The lowest BCUT2D eigenvalue weighted by molar-refractivity contribution is -0.0218. The molecular weight excluding hydrogens is 286 g/mol. The number of piperidine rings is 1. The molecule has 0 amide bonds. The van der Waals surface area contributed by atoms with Crippen molar-refractivity contribution in [1.82, 2.24) is 14.7 Å². The van der Waals surface area contributed by atoms with E-state index in [4.69, 9.17) is 11.6 Å². The van der Waals surface area contributed by atoms with Gasteiger partial charge in [-0.1, -0.05) is 25.4 Å². The molecule has 1 aliphatic heterocycles. The Balaban J connectivity index is 2.09. The number of nitrogens with zero attached hydrogens (tertiary/aromatic N) is 3. The van der Waals surface area contributed by atoms with Gasteiger partial charge in [-0.3, -0.25) is 4.68 Å². The van der Waals surface area contributed by atoms with Crippen molar-refractivity contribution in [2.24, 2.45) is 0 Å². The number of hydrogen-bond acceptors (Lipinski definition) is 3. The van der Waals surface area contributed by atoms with E-state index in [0.717, 1.165) is 61.9 Å². The number of rotatable bonds is 6. The number of aliphatic hydroxyl groups is 1. The number of aromatic nitrogens is 2. The van der Waals surface area contributed by atoms with Crippen LogP contribution in [-0.4, -0.2) is 45.0 Å². The second kappa shape index (κ2) is 7.12. The molecule has 0 aliphatic carbocycles. The summed E-state index contributed by atoms with van der Waals surface area (Å²) in [6, 6.07) is 0. The van der Waals surface area contributed by atoms with Crippen LogP contribution in [0.1, 0.15) is 51.4 Å². The maximum absolute atomic E-state index is 10.9. The van der Waals surface area contributed by atoms with Gasteiger partial charge in [0.25, 0.3) is 0 Å². The van der Waals surface area contributed by atoms with Gasteiger partial charge in [0.05, 0.1) is 22.0 Å². The lowest BCUT2D eigenvalue weighted by atomic mass is 9.86. The maximum atomic E-state index is 10.9. The summed E-state index contributed by atoms with van der Waals surface area (Å²) >= 11 is 6.46. The number of likely N-dealkylation sites (tertiary alicyclic amines) is 1. The summed E-state index contributed by atoms with van der Waals surface area (Å²) in [4.78, 5) is 2.44. The Morgan fingerprint density at radius 1 is 1.24 bits per heavy atom. The minimum Gasteiger partial charge on any atom is -0.389 e. The van der Waals surface area contributed by atoms with Gasteiger partial charge in [-0.25, -0.2) is 0 Å². The van der Waals surface area contributed by atoms with Crippen molar-refractivity contribution in [3.05, 3.63) is 16.4 Å². The molecule has 0 unspecified atom stereocenters. The van der Waals surface area contributed by atoms with E-state index in [0.29, 0.717) is 6.42 Å². The molecule has 0 atom stereocenters. The Kier molecular flexibility index (Phi) is 5.69. The molecule has 2 heterocycles. The molecule has 1 aromatic rings. The first-order valence-corrected chi connectivity index (χ1v) is 8.59. The molecule has 1 fully saturated rings. The standard InChI is InChI=1S/C16H28ClN3O/c1-4-9-19-10-7-16(21,8-11-19)12-14-15(17)13(5-2)18-20(14)6-3/h21H,4-12H2,1-3H3. The van der Waals surface area contributed by atoms with Gasteiger partial charge in [-0.05, 0) is 39.2 Å². The van der Waals surface area contributed by atoms with Crippen LogP contribution in [0.3, 0.4) is 0 Å². The highest BCUT2D eigenvalue weighted by Gasteiger charge is 2.34. The zero-order valence-corrected chi connectivity index (χ0v) is 14.3. The predicted octanol–water partition coefficient (Wildman–Crippen LogP) is 2.90. The molecule has 0 radical (unpaired) electrons. The molecule has 0 saturated carbocycles. The van der Waals surface area contributed by atoms with E-state index in [2.05, 4.69) is 30.8 Å². The molecule has 0 aromatic carbocycles. The van der Waals surface area contributed by atoms with Crippen molar-refractivity contribution in [3.63, 3.8) is 0 Å². The van der Waals surface area contributed by atoms with E-state index in [1.165, 1.54) is 6.42 Å². The van der Waals surface area contributed by atoms with Gasteiger partial charge in [0.2, 0.25) is 0 Å². The fourth-order valence-corrected chi connectivity index (χ4v) is 3.52. The summed E-state index contributed by atoms with van der Waals surface area (Å²) < 4.78 is 1.96. The van der Waals surface area contributed by atoms with Gasteiger partial charge >= 0.3 is 0 Å². The molecule has 5 heteroatoms. The summed E-state index contributed by atoms with van der Waals surface area (Å²) in [6.07, 6.45) is 4.26. The van der Waals surface area contributed by atoms with Crippen molar-refractivity contribution in [1.29, 1.82) is 0 Å². The van der Waals surface area contributed by atoms with Crippen LogP contribution in [0.5, 0.6) is 0 Å². The van der Waals surface area contributed by atoms with Crippen LogP contribution in [0.4, 0.5) is 0 Å². The molecule has 21 heavy (non-hydrogen) atoms. The first-order chi connectivity index (χ1) is 10.0. The van der Waals surface area contributed by atoms with Gasteiger partial charge < -0.3 is 10.0 Å². The van der Waals surface area contributed by atoms with Crippen LogP contribution < -0.4 is 0 Å². The van der Waals surface area contributed by atoms with Crippen molar-refractivity contribution < 1.29 is 5.11 Å². The van der Waals surface area contributed by atoms with Gasteiger partial charge in [0.1, 0.15) is 0 Å². The topological polar surface area (TPSA) is 41.3 Å². The fourth-order valence-electron chi connectivity index (χ4n) is 3.18. The molecule has 120 valence electrons. The van der Waals surface area contributed by atoms with Gasteiger partial charge in [-0.15, -0.1) is 0 Å². The lowest BCUT2D eigenvalue weighted by Gasteiger charge is -2.38. The third-order valence-corrected chi connectivity index (χ3v) is 4.95. The zero-order chi connectivity index (χ0) is 15.5. The Morgan fingerprint density at radius 3 is 2.43 bits per heavy atom. The highest BCUT2D eigenvalue weighted by atomic mass is 35.5. The Bertz CT molecular complexity index is 464. The molecule has 1 saturated heterocycles. The summed E-state index contributed by atoms with van der Waals surface area (Å²) in [5.74, 6) is 0. The van der Waals surface area contributed by atoms with Crippen LogP contribution in [0.25, 0.3) is 0 Å². The van der Waals surface area contributed by atoms with E-state index in [1.54, 1.807) is 0 Å². The van der Waals surface area contributed by atoms with Crippen LogP contribution in [-0.2, 0) is 19.4 Å². The van der Waals surface area contributed by atoms with E-state index in [-0.39, 0.29) is 0 Å². The SMILES string of the molecule is CCCN1CCC(O)(Cc2c(Cl)c(CC)nn2CC)CC1. The molecule has 0 bridgehead atoms. The zero-order valence-electron chi connectivity index (χ0n) is 13.5. The van der Waals surface area contributed by atoms with E-state index in [1.807, 2.05) is 4.68 Å². The second-order valence-corrected chi connectivity index (χ2v) is 6.50. The first kappa shape index (κ1) is 16.8. The predicted molar refractivity (Wildman–Crippen MR) is 86.9 cm³/mol. The van der Waals surface area contributed by atoms with Gasteiger partial charge in [0, 0.05) is 26.1 Å². The van der Waals surface area contributed by atoms with Crippen LogP contribution in [0.15, 0.2) is 0 Å².